The first-order valence-electron chi connectivity index (χ1n) is 8.51. The highest BCUT2D eigenvalue weighted by atomic mass is 19.1. The fourth-order valence-corrected chi connectivity index (χ4v) is 3.29. The van der Waals surface area contributed by atoms with E-state index < -0.39 is 0 Å². The molecule has 5 heteroatoms. The summed E-state index contributed by atoms with van der Waals surface area (Å²) in [6.45, 7) is 2.49. The molecule has 1 aromatic carbocycles. The van der Waals surface area contributed by atoms with Gasteiger partial charge >= 0.3 is 0 Å². The van der Waals surface area contributed by atoms with Gasteiger partial charge in [-0.15, -0.1) is 0 Å². The zero-order chi connectivity index (χ0) is 16.2. The molecular formula is C18H25FN2O2. The smallest absolute Gasteiger partial charge is 0.223 e. The summed E-state index contributed by atoms with van der Waals surface area (Å²) < 4.78 is 18.7. The van der Waals surface area contributed by atoms with Crippen molar-refractivity contribution in [1.29, 1.82) is 0 Å². The molecule has 23 heavy (non-hydrogen) atoms. The lowest BCUT2D eigenvalue weighted by Crippen LogP contribution is -2.45. The molecule has 0 unspecified atom stereocenters. The molecule has 1 aliphatic carbocycles. The van der Waals surface area contributed by atoms with Gasteiger partial charge in [-0.05, 0) is 62.9 Å². The molecule has 2 fully saturated rings. The van der Waals surface area contributed by atoms with Gasteiger partial charge in [0.15, 0.2) is 11.6 Å². The number of piperidine rings is 1. The average Bonchev–Trinajstić information content (AvgIpc) is 2.52. The fraction of sp³-hybridized carbons (Fsp3) is 0.611. The van der Waals surface area contributed by atoms with Crippen LogP contribution in [0.4, 0.5) is 4.39 Å². The number of hydrogen-bond donors (Lipinski definition) is 1. The number of carbonyl (C=O) groups excluding carboxylic acids is 1. The maximum atomic E-state index is 13.7. The van der Waals surface area contributed by atoms with E-state index in [1.165, 1.54) is 19.6 Å². The molecule has 1 saturated heterocycles. The molecule has 0 bridgehead atoms. The van der Waals surface area contributed by atoms with Gasteiger partial charge < -0.3 is 10.1 Å². The van der Waals surface area contributed by atoms with Gasteiger partial charge in [0.05, 0.1) is 7.11 Å². The second-order valence-corrected chi connectivity index (χ2v) is 6.66. The van der Waals surface area contributed by atoms with Crippen molar-refractivity contribution in [2.75, 3.05) is 20.2 Å². The molecule has 0 radical (unpaired) electrons. The van der Waals surface area contributed by atoms with Crippen LogP contribution in [0.5, 0.6) is 5.75 Å². The quantitative estimate of drug-likeness (QED) is 0.907. The molecule has 2 aliphatic rings. The number of hydrogen-bond acceptors (Lipinski definition) is 3. The Morgan fingerprint density at radius 1 is 1.30 bits per heavy atom. The van der Waals surface area contributed by atoms with Gasteiger partial charge in [0.1, 0.15) is 0 Å². The Morgan fingerprint density at radius 2 is 2.04 bits per heavy atom. The van der Waals surface area contributed by atoms with Crippen molar-refractivity contribution in [2.24, 2.45) is 5.92 Å². The molecule has 0 atom stereocenters. The molecule has 1 aliphatic heterocycles. The Morgan fingerprint density at radius 3 is 2.61 bits per heavy atom. The number of ether oxygens (including phenoxy) is 1. The maximum Gasteiger partial charge on any atom is 0.223 e. The molecule has 1 amide bonds. The van der Waals surface area contributed by atoms with Crippen LogP contribution >= 0.6 is 0 Å². The standard InChI is InChI=1S/C18H25FN2O2/c1-23-17-6-5-13(11-16(17)19)12-21-9-7-14(8-10-21)18(22)20-15-3-2-4-15/h5-6,11,14-15H,2-4,7-10,12H2,1H3,(H,20,22). The zero-order valence-corrected chi connectivity index (χ0v) is 13.7. The van der Waals surface area contributed by atoms with E-state index in [-0.39, 0.29) is 23.4 Å². The van der Waals surface area contributed by atoms with E-state index >= 15 is 0 Å². The van der Waals surface area contributed by atoms with Crippen LogP contribution in [0, 0.1) is 11.7 Å². The third kappa shape index (κ3) is 4.02. The van der Waals surface area contributed by atoms with Crippen LogP contribution in [0.3, 0.4) is 0 Å². The molecule has 126 valence electrons. The zero-order valence-electron chi connectivity index (χ0n) is 13.7. The molecular weight excluding hydrogens is 295 g/mol. The molecule has 4 nitrogen and oxygen atoms in total. The van der Waals surface area contributed by atoms with Crippen molar-refractivity contribution in [1.82, 2.24) is 10.2 Å². The van der Waals surface area contributed by atoms with E-state index in [0.29, 0.717) is 6.04 Å². The fourth-order valence-electron chi connectivity index (χ4n) is 3.29. The Bertz CT molecular complexity index is 552. The van der Waals surface area contributed by atoms with Gasteiger partial charge in [-0.1, -0.05) is 6.07 Å². The minimum atomic E-state index is -0.320. The van der Waals surface area contributed by atoms with Gasteiger partial charge in [0, 0.05) is 18.5 Å². The second kappa shape index (κ2) is 7.30. The van der Waals surface area contributed by atoms with Gasteiger partial charge in [-0.25, -0.2) is 4.39 Å². The molecule has 0 aromatic heterocycles. The molecule has 3 rings (SSSR count). The third-order valence-electron chi connectivity index (χ3n) is 5.03. The maximum absolute atomic E-state index is 13.7. The Balaban J connectivity index is 1.47. The highest BCUT2D eigenvalue weighted by molar-refractivity contribution is 5.79. The number of nitrogens with one attached hydrogen (secondary N) is 1. The van der Waals surface area contributed by atoms with Gasteiger partial charge in [-0.2, -0.15) is 0 Å². The van der Waals surface area contributed by atoms with Crippen LogP contribution < -0.4 is 10.1 Å². The van der Waals surface area contributed by atoms with Gasteiger partial charge in [0.25, 0.3) is 0 Å². The van der Waals surface area contributed by atoms with E-state index in [0.717, 1.165) is 50.9 Å². The lowest BCUT2D eigenvalue weighted by atomic mass is 9.90. The van der Waals surface area contributed by atoms with Crippen molar-refractivity contribution in [3.63, 3.8) is 0 Å². The highest BCUT2D eigenvalue weighted by Crippen LogP contribution is 2.24. The summed E-state index contributed by atoms with van der Waals surface area (Å²) in [5.74, 6) is 0.323. The molecule has 1 heterocycles. The number of methoxy groups -OCH3 is 1. The van der Waals surface area contributed by atoms with Crippen LogP contribution in [-0.4, -0.2) is 37.0 Å². The summed E-state index contributed by atoms with van der Waals surface area (Å²) in [5.41, 5.74) is 0.945. The number of nitrogens with zero attached hydrogens (tertiary/aromatic N) is 1. The summed E-state index contributed by atoms with van der Waals surface area (Å²) >= 11 is 0. The van der Waals surface area contributed by atoms with E-state index in [4.69, 9.17) is 4.74 Å². The van der Waals surface area contributed by atoms with Crippen LogP contribution in [0.2, 0.25) is 0 Å². The lowest BCUT2D eigenvalue weighted by molar-refractivity contribution is -0.127. The monoisotopic (exact) mass is 320 g/mol. The predicted molar refractivity (Wildman–Crippen MR) is 86.7 cm³/mol. The summed E-state index contributed by atoms with van der Waals surface area (Å²) in [7, 11) is 1.47. The lowest BCUT2D eigenvalue weighted by Gasteiger charge is -2.33. The predicted octanol–water partition coefficient (Wildman–Crippen LogP) is 2.72. The number of amides is 1. The van der Waals surface area contributed by atoms with E-state index in [1.807, 2.05) is 6.07 Å². The molecule has 0 spiro atoms. The van der Waals surface area contributed by atoms with Gasteiger partial charge in [0.2, 0.25) is 5.91 Å². The van der Waals surface area contributed by atoms with Crippen molar-refractivity contribution in [3.8, 4) is 5.75 Å². The highest BCUT2D eigenvalue weighted by Gasteiger charge is 2.28. The first-order valence-corrected chi connectivity index (χ1v) is 8.51. The number of halogens is 1. The van der Waals surface area contributed by atoms with E-state index in [1.54, 1.807) is 6.07 Å². The van der Waals surface area contributed by atoms with Crippen LogP contribution in [0.15, 0.2) is 18.2 Å². The van der Waals surface area contributed by atoms with Crippen LogP contribution in [-0.2, 0) is 11.3 Å². The average molecular weight is 320 g/mol. The Kier molecular flexibility index (Phi) is 5.16. The number of likely N-dealkylation sites (tertiary alicyclic amines) is 1. The van der Waals surface area contributed by atoms with Crippen molar-refractivity contribution in [2.45, 2.75) is 44.7 Å². The van der Waals surface area contributed by atoms with E-state index in [9.17, 15) is 9.18 Å². The number of benzene rings is 1. The van der Waals surface area contributed by atoms with Crippen molar-refractivity contribution < 1.29 is 13.9 Å². The normalized spacial score (nSPS) is 20.1. The number of rotatable bonds is 5. The first-order chi connectivity index (χ1) is 11.2. The van der Waals surface area contributed by atoms with Gasteiger partial charge in [-0.3, -0.25) is 9.69 Å². The van der Waals surface area contributed by atoms with E-state index in [2.05, 4.69) is 10.2 Å². The Hall–Kier alpha value is -1.62. The minimum Gasteiger partial charge on any atom is -0.494 e. The number of carbonyl (C=O) groups is 1. The first kappa shape index (κ1) is 16.2. The summed E-state index contributed by atoms with van der Waals surface area (Å²) in [6.07, 6.45) is 5.28. The van der Waals surface area contributed by atoms with Crippen LogP contribution in [0.25, 0.3) is 0 Å². The topological polar surface area (TPSA) is 41.6 Å². The largest absolute Gasteiger partial charge is 0.494 e. The summed E-state index contributed by atoms with van der Waals surface area (Å²) in [4.78, 5) is 14.5. The minimum absolute atomic E-state index is 0.138. The van der Waals surface area contributed by atoms with Crippen LogP contribution in [0.1, 0.15) is 37.7 Å². The molecule has 1 N–H and O–H groups in total. The second-order valence-electron chi connectivity index (χ2n) is 6.66. The SMILES string of the molecule is COc1ccc(CN2CCC(C(=O)NC3CCC3)CC2)cc1F. The van der Waals surface area contributed by atoms with Crippen molar-refractivity contribution >= 4 is 5.91 Å². The molecule has 1 aromatic rings. The summed E-state index contributed by atoms with van der Waals surface area (Å²) in [5, 5.41) is 3.15. The third-order valence-corrected chi connectivity index (χ3v) is 5.03. The Labute approximate surface area is 137 Å². The summed E-state index contributed by atoms with van der Waals surface area (Å²) in [6, 6.07) is 5.53. The van der Waals surface area contributed by atoms with Crippen molar-refractivity contribution in [3.05, 3.63) is 29.6 Å². The molecule has 1 saturated carbocycles.